The van der Waals surface area contributed by atoms with Crippen molar-refractivity contribution >= 4 is 5.91 Å². The summed E-state index contributed by atoms with van der Waals surface area (Å²) in [6, 6.07) is 4.82. The molecule has 2 aromatic rings. The van der Waals surface area contributed by atoms with E-state index in [-0.39, 0.29) is 11.4 Å². The SMILES string of the molecule is Cc1cc(C(=O)NC(C)c2ccc(F)c(F)c2)nn1C(C)(C)C. The highest BCUT2D eigenvalue weighted by Crippen LogP contribution is 2.19. The third kappa shape index (κ3) is 3.75. The van der Waals surface area contributed by atoms with Gasteiger partial charge in [-0.3, -0.25) is 9.48 Å². The van der Waals surface area contributed by atoms with Gasteiger partial charge in [-0.05, 0) is 58.4 Å². The molecule has 0 saturated carbocycles. The second-order valence-electron chi connectivity index (χ2n) is 6.62. The summed E-state index contributed by atoms with van der Waals surface area (Å²) in [5.74, 6) is -2.20. The smallest absolute Gasteiger partial charge is 0.272 e. The summed E-state index contributed by atoms with van der Waals surface area (Å²) >= 11 is 0. The van der Waals surface area contributed by atoms with Crippen molar-refractivity contribution in [1.82, 2.24) is 15.1 Å². The topological polar surface area (TPSA) is 46.9 Å². The second-order valence-corrected chi connectivity index (χ2v) is 6.62. The predicted molar refractivity (Wildman–Crippen MR) is 84.2 cm³/mol. The Morgan fingerprint density at radius 1 is 1.22 bits per heavy atom. The number of hydrogen-bond acceptors (Lipinski definition) is 2. The molecule has 0 saturated heterocycles. The van der Waals surface area contributed by atoms with Gasteiger partial charge >= 0.3 is 0 Å². The quantitative estimate of drug-likeness (QED) is 0.936. The van der Waals surface area contributed by atoms with Gasteiger partial charge in [0.15, 0.2) is 11.6 Å². The largest absolute Gasteiger partial charge is 0.344 e. The molecule has 1 heterocycles. The lowest BCUT2D eigenvalue weighted by atomic mass is 10.1. The van der Waals surface area contributed by atoms with Crippen molar-refractivity contribution < 1.29 is 13.6 Å². The molecule has 1 atom stereocenters. The van der Waals surface area contributed by atoms with Crippen LogP contribution >= 0.6 is 0 Å². The monoisotopic (exact) mass is 321 g/mol. The van der Waals surface area contributed by atoms with E-state index < -0.39 is 17.7 Å². The number of hydrogen-bond donors (Lipinski definition) is 1. The summed E-state index contributed by atoms with van der Waals surface area (Å²) in [7, 11) is 0. The minimum atomic E-state index is -0.934. The van der Waals surface area contributed by atoms with E-state index >= 15 is 0 Å². The van der Waals surface area contributed by atoms with Crippen LogP contribution in [-0.4, -0.2) is 15.7 Å². The van der Waals surface area contributed by atoms with Gasteiger partial charge in [0.05, 0.1) is 11.6 Å². The Bertz CT molecular complexity index is 732. The molecule has 0 radical (unpaired) electrons. The number of aryl methyl sites for hydroxylation is 1. The highest BCUT2D eigenvalue weighted by atomic mass is 19.2. The zero-order valence-corrected chi connectivity index (χ0v) is 13.9. The zero-order chi connectivity index (χ0) is 17.4. The molecule has 0 bridgehead atoms. The number of carbonyl (C=O) groups excluding carboxylic acids is 1. The minimum Gasteiger partial charge on any atom is -0.344 e. The molecule has 1 amide bonds. The molecule has 2 rings (SSSR count). The summed E-state index contributed by atoms with van der Waals surface area (Å²) in [6.07, 6.45) is 0. The highest BCUT2D eigenvalue weighted by molar-refractivity contribution is 5.92. The average molecular weight is 321 g/mol. The molecule has 0 aliphatic carbocycles. The van der Waals surface area contributed by atoms with Crippen molar-refractivity contribution in [3.05, 3.63) is 52.9 Å². The molecule has 23 heavy (non-hydrogen) atoms. The van der Waals surface area contributed by atoms with Crippen LogP contribution in [-0.2, 0) is 5.54 Å². The lowest BCUT2D eigenvalue weighted by Gasteiger charge is -2.21. The first-order valence-corrected chi connectivity index (χ1v) is 7.42. The maximum absolute atomic E-state index is 13.3. The van der Waals surface area contributed by atoms with Crippen LogP contribution in [0.1, 0.15) is 55.5 Å². The van der Waals surface area contributed by atoms with Gasteiger partial charge < -0.3 is 5.32 Å². The molecule has 1 unspecified atom stereocenters. The molecule has 0 aliphatic rings. The van der Waals surface area contributed by atoms with E-state index in [9.17, 15) is 13.6 Å². The average Bonchev–Trinajstić information content (AvgIpc) is 2.84. The van der Waals surface area contributed by atoms with E-state index in [1.807, 2.05) is 27.7 Å². The van der Waals surface area contributed by atoms with Crippen molar-refractivity contribution in [3.8, 4) is 0 Å². The number of carbonyl (C=O) groups is 1. The van der Waals surface area contributed by atoms with Gasteiger partial charge in [-0.1, -0.05) is 6.07 Å². The Morgan fingerprint density at radius 2 is 1.87 bits per heavy atom. The number of benzene rings is 1. The van der Waals surface area contributed by atoms with Crippen LogP contribution in [0.2, 0.25) is 0 Å². The van der Waals surface area contributed by atoms with Crippen LogP contribution < -0.4 is 5.32 Å². The summed E-state index contributed by atoms with van der Waals surface area (Å²) < 4.78 is 28.0. The van der Waals surface area contributed by atoms with Crippen LogP contribution in [0.25, 0.3) is 0 Å². The normalized spacial score (nSPS) is 13.0. The Kier molecular flexibility index (Phi) is 4.54. The number of rotatable bonds is 3. The molecule has 124 valence electrons. The van der Waals surface area contributed by atoms with Gasteiger partial charge in [-0.25, -0.2) is 8.78 Å². The van der Waals surface area contributed by atoms with E-state index in [1.54, 1.807) is 17.7 Å². The highest BCUT2D eigenvalue weighted by Gasteiger charge is 2.21. The van der Waals surface area contributed by atoms with Crippen LogP contribution in [0.3, 0.4) is 0 Å². The summed E-state index contributed by atoms with van der Waals surface area (Å²) in [5.41, 5.74) is 1.44. The third-order valence-electron chi connectivity index (χ3n) is 3.55. The number of halogens is 2. The van der Waals surface area contributed by atoms with Crippen LogP contribution in [0.4, 0.5) is 8.78 Å². The van der Waals surface area contributed by atoms with Gasteiger partial charge in [0.2, 0.25) is 0 Å². The van der Waals surface area contributed by atoms with E-state index in [1.165, 1.54) is 6.07 Å². The first-order chi connectivity index (χ1) is 10.6. The predicted octanol–water partition coefficient (Wildman–Crippen LogP) is 3.72. The fourth-order valence-corrected chi connectivity index (χ4v) is 2.40. The number of amides is 1. The molecule has 4 nitrogen and oxygen atoms in total. The third-order valence-corrected chi connectivity index (χ3v) is 3.55. The number of nitrogens with one attached hydrogen (secondary N) is 1. The van der Waals surface area contributed by atoms with E-state index in [0.717, 1.165) is 17.8 Å². The Labute approximate surface area is 134 Å². The molecule has 0 aliphatic heterocycles. The second kappa shape index (κ2) is 6.10. The van der Waals surface area contributed by atoms with Gasteiger partial charge in [0.1, 0.15) is 5.69 Å². The van der Waals surface area contributed by atoms with Crippen LogP contribution in [0.15, 0.2) is 24.3 Å². The van der Waals surface area contributed by atoms with Crippen molar-refractivity contribution in [1.29, 1.82) is 0 Å². The molecular formula is C17H21F2N3O. The maximum Gasteiger partial charge on any atom is 0.272 e. The minimum absolute atomic E-state index is 0.228. The number of aromatic nitrogens is 2. The molecule has 0 spiro atoms. The van der Waals surface area contributed by atoms with Crippen LogP contribution in [0, 0.1) is 18.6 Å². The van der Waals surface area contributed by atoms with Gasteiger partial charge in [-0.15, -0.1) is 0 Å². The van der Waals surface area contributed by atoms with E-state index in [2.05, 4.69) is 10.4 Å². The first-order valence-electron chi connectivity index (χ1n) is 7.42. The van der Waals surface area contributed by atoms with Gasteiger partial charge in [0, 0.05) is 5.69 Å². The zero-order valence-electron chi connectivity index (χ0n) is 13.9. The fourth-order valence-electron chi connectivity index (χ4n) is 2.40. The Hall–Kier alpha value is -2.24. The van der Waals surface area contributed by atoms with Crippen molar-refractivity contribution in [3.63, 3.8) is 0 Å². The molecule has 1 aromatic carbocycles. The standard InChI is InChI=1S/C17H21F2N3O/c1-10-8-15(21-22(10)17(3,4)5)16(23)20-11(2)12-6-7-13(18)14(19)9-12/h6-9,11H,1-5H3,(H,20,23). The fraction of sp³-hybridized carbons (Fsp3) is 0.412. The van der Waals surface area contributed by atoms with E-state index in [4.69, 9.17) is 0 Å². The van der Waals surface area contributed by atoms with Crippen LogP contribution in [0.5, 0.6) is 0 Å². The summed E-state index contributed by atoms with van der Waals surface area (Å²) in [4.78, 5) is 12.3. The molecule has 6 heteroatoms. The summed E-state index contributed by atoms with van der Waals surface area (Å²) in [5, 5.41) is 7.08. The maximum atomic E-state index is 13.3. The molecule has 1 N–H and O–H groups in total. The van der Waals surface area contributed by atoms with Crippen molar-refractivity contribution in [2.75, 3.05) is 0 Å². The lowest BCUT2D eigenvalue weighted by Crippen LogP contribution is -2.28. The Balaban J connectivity index is 2.17. The van der Waals surface area contributed by atoms with Gasteiger partial charge in [0.25, 0.3) is 5.91 Å². The summed E-state index contributed by atoms with van der Waals surface area (Å²) in [6.45, 7) is 9.59. The Morgan fingerprint density at radius 3 is 2.39 bits per heavy atom. The molecule has 0 fully saturated rings. The lowest BCUT2D eigenvalue weighted by molar-refractivity contribution is 0.0933. The molecular weight excluding hydrogens is 300 g/mol. The molecule has 1 aromatic heterocycles. The van der Waals surface area contributed by atoms with Crippen molar-refractivity contribution in [2.45, 2.75) is 46.2 Å². The first kappa shape index (κ1) is 17.1. The van der Waals surface area contributed by atoms with Crippen molar-refractivity contribution in [2.24, 2.45) is 0 Å². The number of nitrogens with zero attached hydrogens (tertiary/aromatic N) is 2. The van der Waals surface area contributed by atoms with Gasteiger partial charge in [-0.2, -0.15) is 5.10 Å². The van der Waals surface area contributed by atoms with E-state index in [0.29, 0.717) is 11.3 Å².